The van der Waals surface area contributed by atoms with Gasteiger partial charge in [-0.05, 0) is 42.2 Å². The van der Waals surface area contributed by atoms with Crippen LogP contribution in [0.2, 0.25) is 5.02 Å². The Hall–Kier alpha value is -3.19. The van der Waals surface area contributed by atoms with E-state index in [0.29, 0.717) is 22.8 Å². The molecule has 8 heteroatoms. The van der Waals surface area contributed by atoms with Gasteiger partial charge in [0.2, 0.25) is 0 Å². The van der Waals surface area contributed by atoms with Crippen molar-refractivity contribution in [3.8, 4) is 5.69 Å². The summed E-state index contributed by atoms with van der Waals surface area (Å²) in [5.74, 6) is -0.365. The number of non-ortho nitro benzene ring substituents is 1. The maximum absolute atomic E-state index is 12.7. The molecule has 1 amide bonds. The number of nitro benzene ring substituents is 1. The summed E-state index contributed by atoms with van der Waals surface area (Å²) >= 11 is 6.29. The van der Waals surface area contributed by atoms with Crippen LogP contribution in [0.5, 0.6) is 0 Å². The number of benzene rings is 2. The van der Waals surface area contributed by atoms with Crippen molar-refractivity contribution in [2.75, 3.05) is 5.32 Å². The number of nitrogens with one attached hydrogen (secondary N) is 1. The first-order valence-corrected chi connectivity index (χ1v) is 9.24. The summed E-state index contributed by atoms with van der Waals surface area (Å²) in [6.07, 6.45) is 3.03. The highest BCUT2D eigenvalue weighted by molar-refractivity contribution is 6.32. The minimum absolute atomic E-state index is 0.0434. The molecule has 1 N–H and O–H groups in total. The molecule has 0 spiro atoms. The lowest BCUT2D eigenvalue weighted by molar-refractivity contribution is -0.384. The zero-order chi connectivity index (χ0) is 20.3. The van der Waals surface area contributed by atoms with Crippen LogP contribution in [0.4, 0.5) is 11.4 Å². The van der Waals surface area contributed by atoms with Crippen LogP contribution in [0, 0.1) is 10.1 Å². The molecule has 28 heavy (non-hydrogen) atoms. The Kier molecular flexibility index (Phi) is 5.75. The predicted octanol–water partition coefficient (Wildman–Crippen LogP) is 4.81. The minimum atomic E-state index is -0.474. The molecule has 0 saturated carbocycles. The molecule has 3 aromatic rings. The lowest BCUT2D eigenvalue weighted by Crippen LogP contribution is -2.16. The zero-order valence-electron chi connectivity index (χ0n) is 15.5. The molecule has 7 nitrogen and oxygen atoms in total. The van der Waals surface area contributed by atoms with Gasteiger partial charge in [0.15, 0.2) is 5.69 Å². The number of carbonyl (C=O) groups is 1. The van der Waals surface area contributed by atoms with E-state index in [0.717, 1.165) is 17.5 Å². The number of aryl methyl sites for hydroxylation is 1. The highest BCUT2D eigenvalue weighted by atomic mass is 35.5. The van der Waals surface area contributed by atoms with Crippen molar-refractivity contribution < 1.29 is 9.72 Å². The van der Waals surface area contributed by atoms with E-state index in [1.807, 2.05) is 26.0 Å². The largest absolute Gasteiger partial charge is 0.320 e. The number of aromatic nitrogens is 2. The summed E-state index contributed by atoms with van der Waals surface area (Å²) in [5, 5.41) is 18.7. The number of anilines is 1. The summed E-state index contributed by atoms with van der Waals surface area (Å²) in [5.41, 5.74) is 3.25. The third-order valence-electron chi connectivity index (χ3n) is 4.44. The minimum Gasteiger partial charge on any atom is -0.320 e. The van der Waals surface area contributed by atoms with Crippen LogP contribution < -0.4 is 5.32 Å². The van der Waals surface area contributed by atoms with E-state index in [4.69, 9.17) is 11.6 Å². The Labute approximate surface area is 167 Å². The molecule has 0 aliphatic heterocycles. The molecule has 3 rings (SSSR count). The van der Waals surface area contributed by atoms with Crippen LogP contribution >= 0.6 is 11.6 Å². The summed E-state index contributed by atoms with van der Waals surface area (Å²) in [6.45, 7) is 3.99. The van der Waals surface area contributed by atoms with Gasteiger partial charge in [-0.1, -0.05) is 37.6 Å². The molecule has 0 fully saturated rings. The molecule has 1 heterocycles. The lowest BCUT2D eigenvalue weighted by Gasteiger charge is -2.15. The second kappa shape index (κ2) is 8.22. The Morgan fingerprint density at radius 3 is 2.68 bits per heavy atom. The number of amides is 1. The van der Waals surface area contributed by atoms with Gasteiger partial charge in [-0.25, -0.2) is 4.68 Å². The van der Waals surface area contributed by atoms with Crippen LogP contribution in [-0.4, -0.2) is 20.6 Å². The number of rotatable bonds is 6. The molecule has 2 aromatic carbocycles. The van der Waals surface area contributed by atoms with E-state index in [-0.39, 0.29) is 17.3 Å². The maximum Gasteiger partial charge on any atom is 0.276 e. The van der Waals surface area contributed by atoms with Crippen LogP contribution in [-0.2, 0) is 12.8 Å². The zero-order valence-corrected chi connectivity index (χ0v) is 16.2. The number of halogens is 1. The molecule has 0 aliphatic carbocycles. The first-order chi connectivity index (χ1) is 13.4. The van der Waals surface area contributed by atoms with Crippen molar-refractivity contribution in [2.24, 2.45) is 0 Å². The van der Waals surface area contributed by atoms with Gasteiger partial charge in [-0.15, -0.1) is 0 Å². The maximum atomic E-state index is 12.7. The average Bonchev–Trinajstić information content (AvgIpc) is 3.19. The Bertz CT molecular complexity index is 1050. The number of hydrogen-bond acceptors (Lipinski definition) is 4. The van der Waals surface area contributed by atoms with E-state index >= 15 is 0 Å². The molecular formula is C20H19ClN4O3. The SMILES string of the molecule is CCc1ccc(Cl)c(CC)c1NC(=O)c1ccn(-c2cccc([N+](=O)[O-])c2)n1. The van der Waals surface area contributed by atoms with Crippen LogP contribution in [0.25, 0.3) is 5.69 Å². The Morgan fingerprint density at radius 1 is 1.21 bits per heavy atom. The summed E-state index contributed by atoms with van der Waals surface area (Å²) < 4.78 is 1.43. The second-order valence-corrected chi connectivity index (χ2v) is 6.55. The van der Waals surface area contributed by atoms with Gasteiger partial charge in [-0.2, -0.15) is 5.10 Å². The van der Waals surface area contributed by atoms with Crippen molar-refractivity contribution >= 4 is 28.9 Å². The molecule has 0 bridgehead atoms. The molecule has 1 aromatic heterocycles. The summed E-state index contributed by atoms with van der Waals surface area (Å²) in [7, 11) is 0. The van der Waals surface area contributed by atoms with Crippen molar-refractivity contribution in [1.29, 1.82) is 0 Å². The second-order valence-electron chi connectivity index (χ2n) is 6.14. The number of carbonyl (C=O) groups excluding carboxylic acids is 1. The molecule has 0 unspecified atom stereocenters. The third-order valence-corrected chi connectivity index (χ3v) is 4.80. The van der Waals surface area contributed by atoms with Gasteiger partial charge in [0.1, 0.15) is 0 Å². The van der Waals surface area contributed by atoms with Gasteiger partial charge in [0.25, 0.3) is 11.6 Å². The Morgan fingerprint density at radius 2 is 2.00 bits per heavy atom. The first kappa shape index (κ1) is 19.6. The molecule has 0 radical (unpaired) electrons. The van der Waals surface area contributed by atoms with Crippen LogP contribution in [0.15, 0.2) is 48.7 Å². The third kappa shape index (κ3) is 3.89. The highest BCUT2D eigenvalue weighted by Gasteiger charge is 2.17. The van der Waals surface area contributed by atoms with Crippen LogP contribution in [0.3, 0.4) is 0 Å². The number of nitrogens with zero attached hydrogens (tertiary/aromatic N) is 3. The van der Waals surface area contributed by atoms with Gasteiger partial charge < -0.3 is 5.32 Å². The number of nitro groups is 1. The average molecular weight is 399 g/mol. The lowest BCUT2D eigenvalue weighted by atomic mass is 10.0. The van der Waals surface area contributed by atoms with Gasteiger partial charge >= 0.3 is 0 Å². The van der Waals surface area contributed by atoms with Crippen LogP contribution in [0.1, 0.15) is 35.5 Å². The fraction of sp³-hybridized carbons (Fsp3) is 0.200. The molecule has 0 saturated heterocycles. The van der Waals surface area contributed by atoms with E-state index in [1.54, 1.807) is 24.4 Å². The van der Waals surface area contributed by atoms with E-state index in [9.17, 15) is 14.9 Å². The smallest absolute Gasteiger partial charge is 0.276 e. The normalized spacial score (nSPS) is 10.7. The fourth-order valence-corrected chi connectivity index (χ4v) is 3.27. The molecule has 144 valence electrons. The standard InChI is InChI=1S/C20H19ClN4O3/c1-3-13-8-9-17(21)16(4-2)19(13)22-20(26)18-10-11-24(23-18)14-6-5-7-15(12-14)25(27)28/h5-12H,3-4H2,1-2H3,(H,22,26). The highest BCUT2D eigenvalue weighted by Crippen LogP contribution is 2.30. The summed E-state index contributed by atoms with van der Waals surface area (Å²) in [4.78, 5) is 23.2. The van der Waals surface area contributed by atoms with E-state index < -0.39 is 4.92 Å². The van der Waals surface area contributed by atoms with Crippen molar-refractivity contribution in [1.82, 2.24) is 9.78 Å². The number of hydrogen-bond donors (Lipinski definition) is 1. The van der Waals surface area contributed by atoms with Gasteiger partial charge in [-0.3, -0.25) is 14.9 Å². The van der Waals surface area contributed by atoms with Gasteiger partial charge in [0, 0.05) is 29.0 Å². The topological polar surface area (TPSA) is 90.1 Å². The fourth-order valence-electron chi connectivity index (χ4n) is 2.98. The molecule has 0 aliphatic rings. The van der Waals surface area contributed by atoms with Crippen molar-refractivity contribution in [2.45, 2.75) is 26.7 Å². The Balaban J connectivity index is 1.89. The van der Waals surface area contributed by atoms with E-state index in [2.05, 4.69) is 10.4 Å². The first-order valence-electron chi connectivity index (χ1n) is 8.86. The molecule has 0 atom stereocenters. The van der Waals surface area contributed by atoms with Gasteiger partial charge in [0.05, 0.1) is 10.6 Å². The predicted molar refractivity (Wildman–Crippen MR) is 108 cm³/mol. The quantitative estimate of drug-likeness (QED) is 0.476. The molecular weight excluding hydrogens is 380 g/mol. The van der Waals surface area contributed by atoms with Crippen molar-refractivity contribution in [3.05, 3.63) is 80.6 Å². The van der Waals surface area contributed by atoms with E-state index in [1.165, 1.54) is 16.8 Å². The summed E-state index contributed by atoms with van der Waals surface area (Å²) in [6, 6.07) is 11.4. The van der Waals surface area contributed by atoms with Crippen molar-refractivity contribution in [3.63, 3.8) is 0 Å². The monoisotopic (exact) mass is 398 g/mol.